The van der Waals surface area contributed by atoms with Gasteiger partial charge in [-0.15, -0.1) is 0 Å². The molecule has 0 atom stereocenters. The number of carbonyl (C=O) groups is 2. The number of amides is 2. The summed E-state index contributed by atoms with van der Waals surface area (Å²) in [6.45, 7) is 1.92. The van der Waals surface area contributed by atoms with Crippen LogP contribution < -0.4 is 11.1 Å². The zero-order valence-corrected chi connectivity index (χ0v) is 12.4. The van der Waals surface area contributed by atoms with Crippen molar-refractivity contribution in [3.63, 3.8) is 0 Å². The molecule has 2 aromatic rings. The third-order valence-corrected chi connectivity index (χ3v) is 3.92. The third kappa shape index (κ3) is 3.05. The Bertz CT molecular complexity index is 666. The fourth-order valence-corrected chi connectivity index (χ4v) is 2.18. The summed E-state index contributed by atoms with van der Waals surface area (Å²) in [6.07, 6.45) is 0. The van der Waals surface area contributed by atoms with Crippen LogP contribution in [0.4, 0.5) is 5.69 Å². The summed E-state index contributed by atoms with van der Waals surface area (Å²) in [5, 5.41) is 2.77. The minimum Gasteiger partial charge on any atom is -0.366 e. The molecule has 2 amide bonds. The normalized spacial score (nSPS) is 10.1. The Kier molecular flexibility index (Phi) is 4.20. The smallest absolute Gasteiger partial charge is 0.256 e. The Hall–Kier alpha value is -2.14. The molecular formula is C15H13BrN2O2. The molecule has 0 heterocycles. The van der Waals surface area contributed by atoms with Crippen molar-refractivity contribution < 1.29 is 9.59 Å². The van der Waals surface area contributed by atoms with Crippen molar-refractivity contribution in [3.8, 4) is 0 Å². The van der Waals surface area contributed by atoms with Crippen LogP contribution in [0.25, 0.3) is 0 Å². The van der Waals surface area contributed by atoms with E-state index in [2.05, 4.69) is 21.2 Å². The van der Waals surface area contributed by atoms with Crippen molar-refractivity contribution in [3.05, 3.63) is 63.6 Å². The molecule has 4 nitrogen and oxygen atoms in total. The van der Waals surface area contributed by atoms with Gasteiger partial charge in [-0.05, 0) is 58.7 Å². The molecule has 0 aliphatic carbocycles. The Morgan fingerprint density at radius 2 is 1.75 bits per heavy atom. The molecule has 0 aliphatic rings. The summed E-state index contributed by atoms with van der Waals surface area (Å²) in [5.41, 5.74) is 7.71. The molecule has 20 heavy (non-hydrogen) atoms. The molecule has 2 aromatic carbocycles. The van der Waals surface area contributed by atoms with Gasteiger partial charge in [-0.25, -0.2) is 0 Å². The second kappa shape index (κ2) is 5.88. The predicted octanol–water partition coefficient (Wildman–Crippen LogP) is 3.11. The van der Waals surface area contributed by atoms with Crippen LogP contribution in [0.15, 0.2) is 46.9 Å². The van der Waals surface area contributed by atoms with Crippen molar-refractivity contribution in [2.75, 3.05) is 5.32 Å². The highest BCUT2D eigenvalue weighted by molar-refractivity contribution is 9.10. The van der Waals surface area contributed by atoms with Gasteiger partial charge in [0.05, 0.1) is 5.56 Å². The molecule has 0 aliphatic heterocycles. The average Bonchev–Trinajstić information content (AvgIpc) is 2.42. The Balaban J connectivity index is 2.19. The van der Waals surface area contributed by atoms with Crippen molar-refractivity contribution >= 4 is 33.4 Å². The van der Waals surface area contributed by atoms with E-state index in [1.54, 1.807) is 30.3 Å². The van der Waals surface area contributed by atoms with Gasteiger partial charge in [0.1, 0.15) is 0 Å². The van der Waals surface area contributed by atoms with Crippen LogP contribution in [0.1, 0.15) is 26.3 Å². The zero-order chi connectivity index (χ0) is 14.7. The molecule has 102 valence electrons. The molecule has 0 saturated carbocycles. The topological polar surface area (TPSA) is 72.2 Å². The lowest BCUT2D eigenvalue weighted by atomic mass is 10.1. The molecular weight excluding hydrogens is 320 g/mol. The lowest BCUT2D eigenvalue weighted by Crippen LogP contribution is -2.14. The number of anilines is 1. The Morgan fingerprint density at radius 3 is 2.35 bits per heavy atom. The predicted molar refractivity (Wildman–Crippen MR) is 81.8 cm³/mol. The summed E-state index contributed by atoms with van der Waals surface area (Å²) < 4.78 is 0.770. The number of carbonyl (C=O) groups excluding carboxylic acids is 2. The molecule has 5 heteroatoms. The Morgan fingerprint density at radius 1 is 1.10 bits per heavy atom. The summed E-state index contributed by atoms with van der Waals surface area (Å²) in [4.78, 5) is 23.1. The number of hydrogen-bond acceptors (Lipinski definition) is 2. The van der Waals surface area contributed by atoms with Gasteiger partial charge in [0.2, 0.25) is 5.91 Å². The van der Waals surface area contributed by atoms with E-state index in [0.717, 1.165) is 10.0 Å². The van der Waals surface area contributed by atoms with Crippen LogP contribution in [0, 0.1) is 6.92 Å². The largest absolute Gasteiger partial charge is 0.366 e. The molecule has 0 fully saturated rings. The number of nitrogens with two attached hydrogens (primary N) is 1. The summed E-state index contributed by atoms with van der Waals surface area (Å²) in [5.74, 6) is -0.711. The van der Waals surface area contributed by atoms with E-state index >= 15 is 0 Å². The fourth-order valence-electron chi connectivity index (χ4n) is 1.74. The summed E-state index contributed by atoms with van der Waals surface area (Å²) in [7, 11) is 0. The highest BCUT2D eigenvalue weighted by atomic mass is 79.9. The lowest BCUT2D eigenvalue weighted by Gasteiger charge is -2.08. The molecule has 0 unspecified atom stereocenters. The first-order valence-corrected chi connectivity index (χ1v) is 6.74. The number of primary amides is 1. The fraction of sp³-hybridized carbons (Fsp3) is 0.0667. The average molecular weight is 333 g/mol. The molecule has 0 aromatic heterocycles. The summed E-state index contributed by atoms with van der Waals surface area (Å²) in [6, 6.07) is 11.9. The van der Waals surface area contributed by atoms with Crippen molar-refractivity contribution in [2.45, 2.75) is 6.92 Å². The van der Waals surface area contributed by atoms with E-state index in [0.29, 0.717) is 16.8 Å². The first-order valence-electron chi connectivity index (χ1n) is 5.95. The van der Waals surface area contributed by atoms with Gasteiger partial charge in [-0.3, -0.25) is 9.59 Å². The van der Waals surface area contributed by atoms with Gasteiger partial charge in [0, 0.05) is 15.7 Å². The third-order valence-electron chi connectivity index (χ3n) is 2.86. The standard InChI is InChI=1S/C15H13BrN2O2/c1-9-3-2-4-12(13(9)16)15(20)18-11-7-5-10(6-8-11)14(17)19/h2-8H,1H3,(H2,17,19)(H,18,20). The molecule has 2 rings (SSSR count). The number of hydrogen-bond donors (Lipinski definition) is 2. The van der Waals surface area contributed by atoms with E-state index in [4.69, 9.17) is 5.73 Å². The molecule has 0 saturated heterocycles. The van der Waals surface area contributed by atoms with Crippen molar-refractivity contribution in [1.29, 1.82) is 0 Å². The minimum atomic E-state index is -0.496. The van der Waals surface area contributed by atoms with Gasteiger partial charge >= 0.3 is 0 Å². The van der Waals surface area contributed by atoms with Crippen LogP contribution in [0.3, 0.4) is 0 Å². The second-order valence-electron chi connectivity index (χ2n) is 4.33. The van der Waals surface area contributed by atoms with E-state index < -0.39 is 5.91 Å². The first-order chi connectivity index (χ1) is 9.49. The van der Waals surface area contributed by atoms with Gasteiger partial charge in [-0.2, -0.15) is 0 Å². The number of benzene rings is 2. The number of rotatable bonds is 3. The van der Waals surface area contributed by atoms with Gasteiger partial charge in [0.15, 0.2) is 0 Å². The van der Waals surface area contributed by atoms with Crippen molar-refractivity contribution in [2.24, 2.45) is 5.73 Å². The molecule has 3 N–H and O–H groups in total. The zero-order valence-electron chi connectivity index (χ0n) is 10.8. The van der Waals surface area contributed by atoms with E-state index in [9.17, 15) is 9.59 Å². The van der Waals surface area contributed by atoms with E-state index in [1.807, 2.05) is 19.1 Å². The highest BCUT2D eigenvalue weighted by Crippen LogP contribution is 2.22. The highest BCUT2D eigenvalue weighted by Gasteiger charge is 2.11. The van der Waals surface area contributed by atoms with Gasteiger partial charge in [0.25, 0.3) is 5.91 Å². The number of aryl methyl sites for hydroxylation is 1. The summed E-state index contributed by atoms with van der Waals surface area (Å²) >= 11 is 3.40. The number of nitrogens with one attached hydrogen (secondary N) is 1. The van der Waals surface area contributed by atoms with E-state index in [-0.39, 0.29) is 5.91 Å². The van der Waals surface area contributed by atoms with Crippen molar-refractivity contribution in [1.82, 2.24) is 0 Å². The maximum absolute atomic E-state index is 12.2. The monoisotopic (exact) mass is 332 g/mol. The first kappa shape index (κ1) is 14.3. The second-order valence-corrected chi connectivity index (χ2v) is 5.13. The maximum atomic E-state index is 12.2. The van der Waals surface area contributed by atoms with Gasteiger partial charge < -0.3 is 11.1 Å². The minimum absolute atomic E-state index is 0.215. The number of halogens is 1. The maximum Gasteiger partial charge on any atom is 0.256 e. The van der Waals surface area contributed by atoms with Crippen LogP contribution >= 0.6 is 15.9 Å². The molecule has 0 radical (unpaired) electrons. The SMILES string of the molecule is Cc1cccc(C(=O)Nc2ccc(C(N)=O)cc2)c1Br. The van der Waals surface area contributed by atoms with Crippen LogP contribution in [0.5, 0.6) is 0 Å². The lowest BCUT2D eigenvalue weighted by molar-refractivity contribution is 0.0998. The molecule has 0 spiro atoms. The molecule has 0 bridgehead atoms. The van der Waals surface area contributed by atoms with E-state index in [1.165, 1.54) is 0 Å². The quantitative estimate of drug-likeness (QED) is 0.906. The van der Waals surface area contributed by atoms with Crippen LogP contribution in [-0.4, -0.2) is 11.8 Å². The van der Waals surface area contributed by atoms with Gasteiger partial charge in [-0.1, -0.05) is 12.1 Å². The van der Waals surface area contributed by atoms with Crippen LogP contribution in [0.2, 0.25) is 0 Å². The Labute approximate surface area is 125 Å². The van der Waals surface area contributed by atoms with Crippen LogP contribution in [-0.2, 0) is 0 Å².